The Morgan fingerprint density at radius 2 is 1.14 bits per heavy atom. The van der Waals surface area contributed by atoms with Crippen molar-refractivity contribution in [3.63, 3.8) is 0 Å². The summed E-state index contributed by atoms with van der Waals surface area (Å²) in [4.78, 5) is 25.4. The largest absolute Gasteiger partial charge is 0.462 e. The third-order valence-corrected chi connectivity index (χ3v) is 10.7. The molecule has 0 aliphatic carbocycles. The third kappa shape index (κ3) is 29.8. The molecule has 0 radical (unpaired) electrons. The van der Waals surface area contributed by atoms with Crippen molar-refractivity contribution in [1.82, 2.24) is 0 Å². The van der Waals surface area contributed by atoms with Gasteiger partial charge in [-0.05, 0) is 82.8 Å². The zero-order chi connectivity index (χ0) is 42.7. The predicted molar refractivity (Wildman–Crippen MR) is 228 cm³/mol. The Labute approximate surface area is 350 Å². The van der Waals surface area contributed by atoms with Gasteiger partial charge in [0.25, 0.3) is 10.1 Å². The molecule has 1 rings (SSSR count). The average Bonchev–Trinajstić information content (AvgIpc) is 3.18. The van der Waals surface area contributed by atoms with Crippen molar-refractivity contribution in [2.45, 2.75) is 211 Å². The molecule has 0 aromatic rings. The van der Waals surface area contributed by atoms with Crippen LogP contribution in [0.5, 0.6) is 0 Å². The molecule has 4 N–H and O–H groups in total. The zero-order valence-electron chi connectivity index (χ0n) is 35.7. The minimum Gasteiger partial charge on any atom is -0.462 e. The van der Waals surface area contributed by atoms with Gasteiger partial charge in [-0.25, -0.2) is 0 Å². The van der Waals surface area contributed by atoms with Gasteiger partial charge < -0.3 is 34.3 Å². The topological polar surface area (TPSA) is 186 Å². The normalized spacial score (nSPS) is 20.3. The smallest absolute Gasteiger partial charge is 0.306 e. The Kier molecular flexibility index (Phi) is 32.8. The number of allylic oxidation sites excluding steroid dienone is 5. The molecule has 58 heavy (non-hydrogen) atoms. The molecule has 1 aliphatic rings. The molecule has 0 amide bonds. The maximum atomic E-state index is 12.8. The first-order chi connectivity index (χ1) is 28.0. The Bertz CT molecular complexity index is 1280. The van der Waals surface area contributed by atoms with Crippen molar-refractivity contribution < 1.29 is 56.8 Å². The van der Waals surface area contributed by atoms with E-state index in [9.17, 15) is 37.9 Å². The highest BCUT2D eigenvalue weighted by molar-refractivity contribution is 7.85. The molecule has 6 atom stereocenters. The number of carbonyl (C=O) groups excluding carboxylic acids is 2. The van der Waals surface area contributed by atoms with Gasteiger partial charge in [-0.2, -0.15) is 8.42 Å². The van der Waals surface area contributed by atoms with Crippen LogP contribution in [0.25, 0.3) is 0 Å². The first kappa shape index (κ1) is 53.7. The zero-order valence-corrected chi connectivity index (χ0v) is 36.5. The van der Waals surface area contributed by atoms with Crippen LogP contribution in [-0.4, -0.2) is 96.0 Å². The predicted octanol–water partition coefficient (Wildman–Crippen LogP) is 8.77. The lowest BCUT2D eigenvalue weighted by molar-refractivity contribution is -0.297. The molecule has 336 valence electrons. The van der Waals surface area contributed by atoms with Crippen molar-refractivity contribution in [2.75, 3.05) is 19.0 Å². The van der Waals surface area contributed by atoms with Crippen LogP contribution in [0.2, 0.25) is 0 Å². The van der Waals surface area contributed by atoms with Crippen molar-refractivity contribution in [3.05, 3.63) is 42.2 Å². The van der Waals surface area contributed by atoms with E-state index >= 15 is 0 Å². The molecule has 0 spiro atoms. The second kappa shape index (κ2) is 35.4. The van der Waals surface area contributed by atoms with Gasteiger partial charge >= 0.3 is 11.9 Å². The van der Waals surface area contributed by atoms with Gasteiger partial charge in [0, 0.05) is 12.8 Å². The summed E-state index contributed by atoms with van der Waals surface area (Å²) in [5.74, 6) is -2.05. The molecule has 1 heterocycles. The summed E-state index contributed by atoms with van der Waals surface area (Å²) in [5.41, 5.74) is 3.27. The molecule has 0 bridgehead atoms. The van der Waals surface area contributed by atoms with E-state index in [0.29, 0.717) is 12.8 Å². The molecule has 2 unspecified atom stereocenters. The average molecular weight is 843 g/mol. The van der Waals surface area contributed by atoms with E-state index in [4.69, 9.17) is 18.9 Å². The minimum atomic E-state index is -4.61. The fraction of sp³-hybridized carbons (Fsp3) is 0.800. The molecule has 13 heteroatoms. The van der Waals surface area contributed by atoms with E-state index in [1.807, 2.05) is 0 Å². The first-order valence-corrected chi connectivity index (χ1v) is 23.9. The maximum Gasteiger partial charge on any atom is 0.306 e. The molecule has 1 fully saturated rings. The lowest BCUT2D eigenvalue weighted by Gasteiger charge is -2.40. The van der Waals surface area contributed by atoms with E-state index in [2.05, 4.69) is 56.0 Å². The number of hydrogen-bond acceptors (Lipinski definition) is 11. The number of rotatable bonds is 36. The number of aliphatic hydroxyl groups is 3. The summed E-state index contributed by atoms with van der Waals surface area (Å²) in [6, 6.07) is 0. The monoisotopic (exact) mass is 843 g/mol. The van der Waals surface area contributed by atoms with Gasteiger partial charge in [0.2, 0.25) is 0 Å². The van der Waals surface area contributed by atoms with Crippen molar-refractivity contribution in [3.8, 4) is 0 Å². The third-order valence-electron chi connectivity index (χ3n) is 9.97. The van der Waals surface area contributed by atoms with Crippen LogP contribution >= 0.6 is 0 Å². The summed E-state index contributed by atoms with van der Waals surface area (Å²) >= 11 is 0. The number of hydrogen-bond donors (Lipinski definition) is 4. The van der Waals surface area contributed by atoms with Crippen LogP contribution in [0.15, 0.2) is 42.2 Å². The standard InChI is InChI=1S/C45H78O12S/c1-3-5-7-9-11-13-15-17-19-21-23-25-27-29-31-33-40(46)54-35-38(36-55-45-44(50)43(49)42(48)39(57-45)37-58(51,52)53)56-41(47)34-32-30-28-26-24-22-20-18-16-14-12-10-8-6-4-2/h16-17,19-20,23,25,38-39,42-45,48-50H,3-15,21-22,24,26-37H2,1-2H3,(H,51,52,53)/b19-17+,25-23+/t18?,38-,39-,42-,43?,44?,45+/m1/s1. The summed E-state index contributed by atoms with van der Waals surface area (Å²) in [6.07, 6.45) is 28.3. The molecule has 1 aliphatic heterocycles. The fourth-order valence-electron chi connectivity index (χ4n) is 6.45. The highest BCUT2D eigenvalue weighted by Crippen LogP contribution is 2.24. The molecule has 0 aromatic carbocycles. The Hall–Kier alpha value is -2.35. The quantitative estimate of drug-likeness (QED) is 0.0155. The lowest BCUT2D eigenvalue weighted by Crippen LogP contribution is -2.60. The van der Waals surface area contributed by atoms with Crippen molar-refractivity contribution >= 4 is 22.1 Å². The van der Waals surface area contributed by atoms with Crippen LogP contribution in [-0.2, 0) is 38.7 Å². The Morgan fingerprint density at radius 1 is 0.638 bits per heavy atom. The summed E-state index contributed by atoms with van der Waals surface area (Å²) in [6.45, 7) is 3.68. The van der Waals surface area contributed by atoms with Crippen LogP contribution in [0, 0.1) is 0 Å². The number of carbonyl (C=O) groups is 2. The second-order valence-corrected chi connectivity index (χ2v) is 17.0. The SMILES string of the molecule is CCCCCCCC=C=CCCCCCCCC(=O)O[C@H](COC(=O)CCCC/C=C/C/C=C/CCCCCCCC)CO[C@H]1O[C@H](CS(=O)(=O)O)[C@@H](O)C(O)C1O. The summed E-state index contributed by atoms with van der Waals surface area (Å²) < 4.78 is 54.0. The van der Waals surface area contributed by atoms with Crippen molar-refractivity contribution in [2.24, 2.45) is 0 Å². The molecular formula is C45H78O12S. The molecule has 0 saturated carbocycles. The molecular weight excluding hydrogens is 765 g/mol. The van der Waals surface area contributed by atoms with E-state index in [1.165, 1.54) is 70.6 Å². The molecule has 0 aromatic heterocycles. The lowest BCUT2D eigenvalue weighted by atomic mass is 10.00. The summed E-state index contributed by atoms with van der Waals surface area (Å²) in [7, 11) is -4.61. The highest BCUT2D eigenvalue weighted by atomic mass is 32.2. The minimum absolute atomic E-state index is 0.137. The van der Waals surface area contributed by atoms with Gasteiger partial charge in [-0.3, -0.25) is 14.1 Å². The second-order valence-electron chi connectivity index (χ2n) is 15.5. The van der Waals surface area contributed by atoms with E-state index in [-0.39, 0.29) is 19.4 Å². The van der Waals surface area contributed by atoms with Crippen LogP contribution in [0.3, 0.4) is 0 Å². The molecule has 12 nitrogen and oxygen atoms in total. The number of esters is 2. The highest BCUT2D eigenvalue weighted by Gasteiger charge is 2.46. The Morgan fingerprint density at radius 3 is 1.72 bits per heavy atom. The maximum absolute atomic E-state index is 12.8. The summed E-state index contributed by atoms with van der Waals surface area (Å²) in [5, 5.41) is 30.8. The molecule has 1 saturated heterocycles. The van der Waals surface area contributed by atoms with Crippen LogP contribution in [0.4, 0.5) is 0 Å². The Balaban J connectivity index is 2.51. The van der Waals surface area contributed by atoms with Gasteiger partial charge in [0.1, 0.15) is 36.8 Å². The van der Waals surface area contributed by atoms with Gasteiger partial charge in [0.15, 0.2) is 12.4 Å². The number of unbranched alkanes of at least 4 members (excludes halogenated alkanes) is 18. The van der Waals surface area contributed by atoms with Gasteiger partial charge in [-0.1, -0.05) is 115 Å². The van der Waals surface area contributed by atoms with Gasteiger partial charge in [-0.15, -0.1) is 5.73 Å². The fourth-order valence-corrected chi connectivity index (χ4v) is 7.14. The number of ether oxygens (including phenoxy) is 4. The van der Waals surface area contributed by atoms with E-state index in [1.54, 1.807) is 0 Å². The van der Waals surface area contributed by atoms with Crippen molar-refractivity contribution in [1.29, 1.82) is 0 Å². The van der Waals surface area contributed by atoms with Crippen LogP contribution in [0.1, 0.15) is 174 Å². The van der Waals surface area contributed by atoms with E-state index < -0.39 is 71.2 Å². The van der Waals surface area contributed by atoms with Crippen LogP contribution < -0.4 is 0 Å². The number of aliphatic hydroxyl groups excluding tert-OH is 3. The van der Waals surface area contributed by atoms with E-state index in [0.717, 1.165) is 64.2 Å². The first-order valence-electron chi connectivity index (χ1n) is 22.3. The van der Waals surface area contributed by atoms with Gasteiger partial charge in [0.05, 0.1) is 6.61 Å².